The van der Waals surface area contributed by atoms with Crippen LogP contribution in [0.3, 0.4) is 0 Å². The number of anilines is 2. The second-order valence-corrected chi connectivity index (χ2v) is 8.37. The fourth-order valence-corrected chi connectivity index (χ4v) is 3.15. The van der Waals surface area contributed by atoms with Gasteiger partial charge in [0.15, 0.2) is 0 Å². The molecular weight excluding hydrogens is 396 g/mol. The SMILES string of the molecule is CC(C)(C)CC(=O)Nc1cccc2cc(C(=O)Nc3ccc(C#N)cc3C(=O)O)[nH]c12. The zero-order valence-electron chi connectivity index (χ0n) is 17.4. The van der Waals surface area contributed by atoms with Crippen LogP contribution < -0.4 is 10.6 Å². The van der Waals surface area contributed by atoms with Crippen molar-refractivity contribution >= 4 is 40.1 Å². The fraction of sp³-hybridized carbons (Fsp3) is 0.217. The lowest BCUT2D eigenvalue weighted by Gasteiger charge is -2.17. The molecule has 4 N–H and O–H groups in total. The van der Waals surface area contributed by atoms with Crippen molar-refractivity contribution in [1.82, 2.24) is 4.98 Å². The molecule has 31 heavy (non-hydrogen) atoms. The molecule has 0 unspecified atom stereocenters. The van der Waals surface area contributed by atoms with E-state index in [0.717, 1.165) is 5.39 Å². The first-order chi connectivity index (χ1) is 14.6. The number of H-pyrrole nitrogens is 1. The van der Waals surface area contributed by atoms with Crippen LogP contribution in [0, 0.1) is 16.7 Å². The van der Waals surface area contributed by atoms with Crippen molar-refractivity contribution < 1.29 is 19.5 Å². The van der Waals surface area contributed by atoms with Crippen molar-refractivity contribution in [3.05, 3.63) is 59.3 Å². The van der Waals surface area contributed by atoms with Crippen LogP contribution in [0.15, 0.2) is 42.5 Å². The largest absolute Gasteiger partial charge is 0.478 e. The number of nitrogens with one attached hydrogen (secondary N) is 3. The number of nitriles is 1. The molecule has 0 saturated carbocycles. The van der Waals surface area contributed by atoms with E-state index in [1.165, 1.54) is 18.2 Å². The van der Waals surface area contributed by atoms with Gasteiger partial charge in [0.1, 0.15) is 5.69 Å². The van der Waals surface area contributed by atoms with E-state index < -0.39 is 11.9 Å². The van der Waals surface area contributed by atoms with E-state index >= 15 is 0 Å². The van der Waals surface area contributed by atoms with Crippen molar-refractivity contribution in [2.75, 3.05) is 10.6 Å². The molecule has 1 aromatic heterocycles. The second-order valence-electron chi connectivity index (χ2n) is 8.37. The molecule has 8 nitrogen and oxygen atoms in total. The maximum atomic E-state index is 12.7. The minimum absolute atomic E-state index is 0.0776. The molecule has 1 heterocycles. The topological polar surface area (TPSA) is 135 Å². The Morgan fingerprint density at radius 1 is 1.06 bits per heavy atom. The lowest BCUT2D eigenvalue weighted by atomic mass is 9.92. The van der Waals surface area contributed by atoms with Crippen LogP contribution in [0.1, 0.15) is 53.6 Å². The van der Waals surface area contributed by atoms with E-state index in [2.05, 4.69) is 15.6 Å². The summed E-state index contributed by atoms with van der Waals surface area (Å²) in [6.45, 7) is 5.91. The van der Waals surface area contributed by atoms with Crippen LogP contribution in [0.25, 0.3) is 10.9 Å². The van der Waals surface area contributed by atoms with Crippen molar-refractivity contribution in [3.63, 3.8) is 0 Å². The average molecular weight is 418 g/mol. The Morgan fingerprint density at radius 2 is 1.81 bits per heavy atom. The number of amides is 2. The zero-order valence-corrected chi connectivity index (χ0v) is 17.4. The first-order valence-corrected chi connectivity index (χ1v) is 9.58. The summed E-state index contributed by atoms with van der Waals surface area (Å²) >= 11 is 0. The molecule has 8 heteroatoms. The molecule has 2 aromatic carbocycles. The van der Waals surface area contributed by atoms with E-state index in [4.69, 9.17) is 5.26 Å². The molecule has 0 fully saturated rings. The summed E-state index contributed by atoms with van der Waals surface area (Å²) < 4.78 is 0. The highest BCUT2D eigenvalue weighted by Gasteiger charge is 2.19. The lowest BCUT2D eigenvalue weighted by molar-refractivity contribution is -0.117. The van der Waals surface area contributed by atoms with Gasteiger partial charge in [0.05, 0.1) is 34.1 Å². The number of nitrogens with zero attached hydrogens (tertiary/aromatic N) is 1. The molecular formula is C23H22N4O4. The number of para-hydroxylation sites is 1. The minimum Gasteiger partial charge on any atom is -0.478 e. The van der Waals surface area contributed by atoms with E-state index in [0.29, 0.717) is 17.6 Å². The number of aromatic nitrogens is 1. The Hall–Kier alpha value is -4.12. The van der Waals surface area contributed by atoms with Gasteiger partial charge < -0.3 is 20.7 Å². The third kappa shape index (κ3) is 5.08. The minimum atomic E-state index is -1.26. The van der Waals surface area contributed by atoms with Gasteiger partial charge in [-0.25, -0.2) is 4.79 Å². The highest BCUT2D eigenvalue weighted by molar-refractivity contribution is 6.10. The molecule has 0 saturated heterocycles. The first kappa shape index (κ1) is 21.6. The monoisotopic (exact) mass is 418 g/mol. The van der Waals surface area contributed by atoms with Crippen molar-refractivity contribution in [2.24, 2.45) is 5.41 Å². The summed E-state index contributed by atoms with van der Waals surface area (Å²) in [7, 11) is 0. The highest BCUT2D eigenvalue weighted by Crippen LogP contribution is 2.26. The van der Waals surface area contributed by atoms with Crippen LogP contribution >= 0.6 is 0 Å². The summed E-state index contributed by atoms with van der Waals surface area (Å²) in [4.78, 5) is 39.6. The Kier molecular flexibility index (Phi) is 5.79. The Morgan fingerprint density at radius 3 is 2.45 bits per heavy atom. The van der Waals surface area contributed by atoms with Crippen LogP contribution in [-0.2, 0) is 4.79 Å². The summed E-state index contributed by atoms with van der Waals surface area (Å²) in [5.41, 5.74) is 1.25. The van der Waals surface area contributed by atoms with Gasteiger partial charge in [-0.2, -0.15) is 5.26 Å². The molecule has 0 bridgehead atoms. The quantitative estimate of drug-likeness (QED) is 0.488. The third-order valence-electron chi connectivity index (χ3n) is 4.49. The molecule has 3 rings (SSSR count). The second kappa shape index (κ2) is 8.32. The van der Waals surface area contributed by atoms with Gasteiger partial charge in [0.2, 0.25) is 5.91 Å². The van der Waals surface area contributed by atoms with Crippen LogP contribution in [0.5, 0.6) is 0 Å². The predicted molar refractivity (Wildman–Crippen MR) is 117 cm³/mol. The number of benzene rings is 2. The molecule has 0 aliphatic heterocycles. The van der Waals surface area contributed by atoms with Gasteiger partial charge in [-0.15, -0.1) is 0 Å². The number of fused-ring (bicyclic) bond motifs is 1. The Labute approximate surface area is 178 Å². The van der Waals surface area contributed by atoms with E-state index in [9.17, 15) is 19.5 Å². The standard InChI is InChI=1S/C23H22N4O4/c1-23(2,3)11-19(28)25-17-6-4-5-14-10-18(26-20(14)17)21(29)27-16-8-7-13(12-24)9-15(16)22(30)31/h4-10,26H,11H2,1-3H3,(H,25,28)(H,27,29)(H,30,31). The lowest BCUT2D eigenvalue weighted by Crippen LogP contribution is -2.19. The number of rotatable bonds is 5. The normalized spacial score (nSPS) is 11.0. The molecule has 0 aliphatic carbocycles. The maximum absolute atomic E-state index is 12.7. The Bertz CT molecular complexity index is 1230. The van der Waals surface area contributed by atoms with E-state index in [1.807, 2.05) is 26.8 Å². The van der Waals surface area contributed by atoms with Gasteiger partial charge >= 0.3 is 5.97 Å². The molecule has 0 spiro atoms. The van der Waals surface area contributed by atoms with Crippen LogP contribution in [0.4, 0.5) is 11.4 Å². The first-order valence-electron chi connectivity index (χ1n) is 9.58. The molecule has 3 aromatic rings. The summed E-state index contributed by atoms with van der Waals surface area (Å²) in [5.74, 6) is -1.94. The van der Waals surface area contributed by atoms with Gasteiger partial charge in [-0.05, 0) is 35.7 Å². The number of carbonyl (C=O) groups excluding carboxylic acids is 2. The number of carbonyl (C=O) groups is 3. The number of aromatic carboxylic acids is 1. The molecule has 2 amide bonds. The summed E-state index contributed by atoms with van der Waals surface area (Å²) in [5, 5.41) is 24.5. The smallest absolute Gasteiger partial charge is 0.337 e. The number of carboxylic acids is 1. The molecule has 158 valence electrons. The van der Waals surface area contributed by atoms with E-state index in [-0.39, 0.29) is 33.8 Å². The molecule has 0 aliphatic rings. The van der Waals surface area contributed by atoms with Gasteiger partial charge in [-0.1, -0.05) is 32.9 Å². The number of hydrogen-bond donors (Lipinski definition) is 4. The van der Waals surface area contributed by atoms with Crippen molar-refractivity contribution in [1.29, 1.82) is 5.26 Å². The van der Waals surface area contributed by atoms with Gasteiger partial charge in [-0.3, -0.25) is 9.59 Å². The average Bonchev–Trinajstić information content (AvgIpc) is 3.12. The summed E-state index contributed by atoms with van der Waals surface area (Å²) in [6.07, 6.45) is 0.341. The number of aromatic amines is 1. The van der Waals surface area contributed by atoms with Crippen molar-refractivity contribution in [2.45, 2.75) is 27.2 Å². The van der Waals surface area contributed by atoms with Gasteiger partial charge in [0, 0.05) is 11.8 Å². The van der Waals surface area contributed by atoms with Gasteiger partial charge in [0.25, 0.3) is 5.91 Å². The van der Waals surface area contributed by atoms with Crippen LogP contribution in [0.2, 0.25) is 0 Å². The van der Waals surface area contributed by atoms with Crippen LogP contribution in [-0.4, -0.2) is 27.9 Å². The maximum Gasteiger partial charge on any atom is 0.337 e. The predicted octanol–water partition coefficient (Wildman–Crippen LogP) is 4.36. The highest BCUT2D eigenvalue weighted by atomic mass is 16.4. The zero-order chi connectivity index (χ0) is 22.8. The molecule has 0 atom stereocenters. The van der Waals surface area contributed by atoms with Crippen molar-refractivity contribution in [3.8, 4) is 6.07 Å². The van der Waals surface area contributed by atoms with E-state index in [1.54, 1.807) is 24.3 Å². The number of carboxylic acid groups (broad SMARTS) is 1. The summed E-state index contributed by atoms with van der Waals surface area (Å²) in [6, 6.07) is 12.8. The Balaban J connectivity index is 1.88. The number of hydrogen-bond acceptors (Lipinski definition) is 4. The third-order valence-corrected chi connectivity index (χ3v) is 4.49. The fourth-order valence-electron chi connectivity index (χ4n) is 3.15. The molecule has 0 radical (unpaired) electrons.